The Morgan fingerprint density at radius 1 is 1.43 bits per heavy atom. The van der Waals surface area contributed by atoms with Gasteiger partial charge in [0, 0.05) is 6.54 Å². The third-order valence-corrected chi connectivity index (χ3v) is 3.99. The van der Waals surface area contributed by atoms with Crippen molar-refractivity contribution in [3.63, 3.8) is 0 Å². The first-order valence-corrected chi connectivity index (χ1v) is 7.66. The summed E-state index contributed by atoms with van der Waals surface area (Å²) >= 11 is 1.07. The fourth-order valence-electron chi connectivity index (χ4n) is 2.10. The highest BCUT2D eigenvalue weighted by Gasteiger charge is 2.25. The molecule has 114 valence electrons. The molecule has 1 unspecified atom stereocenters. The van der Waals surface area contributed by atoms with Crippen molar-refractivity contribution < 1.29 is 23.8 Å². The van der Waals surface area contributed by atoms with Crippen LogP contribution in [0.1, 0.15) is 11.7 Å². The van der Waals surface area contributed by atoms with E-state index in [9.17, 15) is 14.0 Å². The number of morpholine rings is 1. The van der Waals surface area contributed by atoms with Gasteiger partial charge >= 0.3 is 5.97 Å². The summed E-state index contributed by atoms with van der Waals surface area (Å²) in [6, 6.07) is 6.13. The zero-order valence-electron chi connectivity index (χ0n) is 11.3. The normalized spacial score (nSPS) is 18.5. The third-order valence-electron chi connectivity index (χ3n) is 3.09. The van der Waals surface area contributed by atoms with E-state index >= 15 is 0 Å². The third kappa shape index (κ3) is 4.71. The maximum absolute atomic E-state index is 13.2. The smallest absolute Gasteiger partial charge is 0.313 e. The summed E-state index contributed by atoms with van der Waals surface area (Å²) in [6.07, 6.45) is -0.345. The van der Waals surface area contributed by atoms with Gasteiger partial charge in [0.15, 0.2) is 0 Å². The lowest BCUT2D eigenvalue weighted by molar-refractivity contribution is -0.136. The SMILES string of the molecule is O=C(O)CSCC(=O)N1CCOC(c2cccc(F)c2)C1. The molecule has 1 aliphatic heterocycles. The van der Waals surface area contributed by atoms with E-state index in [4.69, 9.17) is 9.84 Å². The molecule has 0 spiro atoms. The number of amides is 1. The fourth-order valence-corrected chi connectivity index (χ4v) is 2.74. The molecule has 1 atom stereocenters. The Labute approximate surface area is 126 Å². The van der Waals surface area contributed by atoms with E-state index in [1.54, 1.807) is 17.0 Å². The van der Waals surface area contributed by atoms with E-state index in [1.165, 1.54) is 12.1 Å². The molecule has 1 fully saturated rings. The van der Waals surface area contributed by atoms with Crippen LogP contribution in [0.4, 0.5) is 4.39 Å². The summed E-state index contributed by atoms with van der Waals surface area (Å²) in [5, 5.41) is 8.55. The van der Waals surface area contributed by atoms with Crippen molar-refractivity contribution >= 4 is 23.6 Å². The molecule has 1 saturated heterocycles. The Kier molecular flexibility index (Phi) is 5.58. The second-order valence-electron chi connectivity index (χ2n) is 4.64. The van der Waals surface area contributed by atoms with Crippen LogP contribution in [0.2, 0.25) is 0 Å². The molecule has 1 aromatic carbocycles. The van der Waals surface area contributed by atoms with Crippen molar-refractivity contribution in [1.82, 2.24) is 4.90 Å². The van der Waals surface area contributed by atoms with Gasteiger partial charge in [0.1, 0.15) is 11.9 Å². The Bertz CT molecular complexity index is 525. The molecule has 2 rings (SSSR count). The van der Waals surface area contributed by atoms with Crippen LogP contribution in [0.25, 0.3) is 0 Å². The zero-order valence-corrected chi connectivity index (χ0v) is 12.1. The molecule has 0 bridgehead atoms. The predicted molar refractivity (Wildman–Crippen MR) is 76.6 cm³/mol. The average Bonchev–Trinajstić information content (AvgIpc) is 2.47. The molecular formula is C14H16FNO4S. The minimum Gasteiger partial charge on any atom is -0.481 e. The number of thioether (sulfide) groups is 1. The van der Waals surface area contributed by atoms with Gasteiger partial charge in [0.05, 0.1) is 24.7 Å². The van der Waals surface area contributed by atoms with Gasteiger partial charge < -0.3 is 14.7 Å². The topological polar surface area (TPSA) is 66.8 Å². The first-order chi connectivity index (χ1) is 10.1. The quantitative estimate of drug-likeness (QED) is 0.893. The molecule has 1 aliphatic rings. The number of carboxylic acid groups (broad SMARTS) is 1. The average molecular weight is 313 g/mol. The summed E-state index contributed by atoms with van der Waals surface area (Å²) in [4.78, 5) is 24.1. The van der Waals surface area contributed by atoms with Crippen LogP contribution >= 0.6 is 11.8 Å². The second-order valence-corrected chi connectivity index (χ2v) is 5.63. The van der Waals surface area contributed by atoms with Gasteiger partial charge in [-0.2, -0.15) is 0 Å². The molecule has 1 heterocycles. The summed E-state index contributed by atoms with van der Waals surface area (Å²) in [5.41, 5.74) is 0.700. The van der Waals surface area contributed by atoms with Crippen LogP contribution in [0.5, 0.6) is 0 Å². The lowest BCUT2D eigenvalue weighted by Gasteiger charge is -2.33. The van der Waals surface area contributed by atoms with Gasteiger partial charge in [0.2, 0.25) is 5.91 Å². The summed E-state index contributed by atoms with van der Waals surface area (Å²) in [5.74, 6) is -1.36. The predicted octanol–water partition coefficient (Wildman–Crippen LogP) is 1.54. The van der Waals surface area contributed by atoms with Gasteiger partial charge in [-0.15, -0.1) is 11.8 Å². The minimum atomic E-state index is -0.938. The molecule has 0 saturated carbocycles. The van der Waals surface area contributed by atoms with E-state index in [1.807, 2.05) is 0 Å². The summed E-state index contributed by atoms with van der Waals surface area (Å²) in [6.45, 7) is 1.21. The Balaban J connectivity index is 1.91. The molecule has 1 aromatic rings. The molecule has 0 radical (unpaired) electrons. The molecule has 0 aromatic heterocycles. The minimum absolute atomic E-state index is 0.0938. The van der Waals surface area contributed by atoms with E-state index < -0.39 is 5.97 Å². The highest BCUT2D eigenvalue weighted by Crippen LogP contribution is 2.23. The summed E-state index contributed by atoms with van der Waals surface area (Å²) in [7, 11) is 0. The standard InChI is InChI=1S/C14H16FNO4S/c15-11-3-1-2-10(6-11)12-7-16(4-5-20-12)13(17)8-21-9-14(18)19/h1-3,6,12H,4-5,7-9H2,(H,18,19). The van der Waals surface area contributed by atoms with Gasteiger partial charge in [-0.25, -0.2) is 4.39 Å². The van der Waals surface area contributed by atoms with Crippen molar-refractivity contribution in [3.05, 3.63) is 35.6 Å². The lowest BCUT2D eigenvalue weighted by Crippen LogP contribution is -2.43. The van der Waals surface area contributed by atoms with Crippen molar-refractivity contribution in [1.29, 1.82) is 0 Å². The fraction of sp³-hybridized carbons (Fsp3) is 0.429. The second kappa shape index (κ2) is 7.42. The molecular weight excluding hydrogens is 297 g/mol. The van der Waals surface area contributed by atoms with Crippen LogP contribution in [0.3, 0.4) is 0 Å². The van der Waals surface area contributed by atoms with E-state index in [0.717, 1.165) is 11.8 Å². The number of nitrogens with zero attached hydrogens (tertiary/aromatic N) is 1. The van der Waals surface area contributed by atoms with Gasteiger partial charge in [-0.1, -0.05) is 12.1 Å². The maximum Gasteiger partial charge on any atom is 0.313 e. The number of carboxylic acids is 1. The molecule has 1 amide bonds. The number of aliphatic carboxylic acids is 1. The number of halogens is 1. The Morgan fingerprint density at radius 2 is 2.24 bits per heavy atom. The summed E-state index contributed by atoms with van der Waals surface area (Å²) < 4.78 is 18.8. The Morgan fingerprint density at radius 3 is 2.95 bits per heavy atom. The highest BCUT2D eigenvalue weighted by atomic mass is 32.2. The van der Waals surface area contributed by atoms with Crippen LogP contribution < -0.4 is 0 Å². The molecule has 7 heteroatoms. The monoisotopic (exact) mass is 313 g/mol. The molecule has 5 nitrogen and oxygen atoms in total. The number of rotatable bonds is 5. The number of ether oxygens (including phenoxy) is 1. The van der Waals surface area contributed by atoms with Crippen LogP contribution in [0.15, 0.2) is 24.3 Å². The zero-order chi connectivity index (χ0) is 15.2. The van der Waals surface area contributed by atoms with Gasteiger partial charge in [0.25, 0.3) is 0 Å². The first-order valence-electron chi connectivity index (χ1n) is 6.50. The maximum atomic E-state index is 13.2. The number of hydrogen-bond donors (Lipinski definition) is 1. The van der Waals surface area contributed by atoms with Crippen molar-refractivity contribution in [2.24, 2.45) is 0 Å². The van der Waals surface area contributed by atoms with Crippen LogP contribution in [-0.4, -0.2) is 53.1 Å². The van der Waals surface area contributed by atoms with Gasteiger partial charge in [-0.3, -0.25) is 9.59 Å². The van der Waals surface area contributed by atoms with E-state index in [0.29, 0.717) is 25.3 Å². The molecule has 0 aliphatic carbocycles. The number of benzene rings is 1. The first kappa shape index (κ1) is 15.8. The highest BCUT2D eigenvalue weighted by molar-refractivity contribution is 8.00. The molecule has 1 N–H and O–H groups in total. The number of hydrogen-bond acceptors (Lipinski definition) is 4. The van der Waals surface area contributed by atoms with Gasteiger partial charge in [-0.05, 0) is 17.7 Å². The lowest BCUT2D eigenvalue weighted by atomic mass is 10.1. The van der Waals surface area contributed by atoms with Crippen molar-refractivity contribution in [3.8, 4) is 0 Å². The van der Waals surface area contributed by atoms with Crippen molar-refractivity contribution in [2.75, 3.05) is 31.2 Å². The number of carbonyl (C=O) groups is 2. The van der Waals surface area contributed by atoms with E-state index in [2.05, 4.69) is 0 Å². The van der Waals surface area contributed by atoms with E-state index in [-0.39, 0.29) is 29.3 Å². The number of carbonyl (C=O) groups excluding carboxylic acids is 1. The van der Waals surface area contributed by atoms with Crippen LogP contribution in [-0.2, 0) is 14.3 Å². The van der Waals surface area contributed by atoms with Crippen LogP contribution in [0, 0.1) is 5.82 Å². The molecule has 21 heavy (non-hydrogen) atoms. The largest absolute Gasteiger partial charge is 0.481 e. The van der Waals surface area contributed by atoms with Crippen molar-refractivity contribution in [2.45, 2.75) is 6.10 Å². The Hall–Kier alpha value is -1.60.